The van der Waals surface area contributed by atoms with Gasteiger partial charge in [-0.1, -0.05) is 73.9 Å². The third-order valence-electron chi connectivity index (χ3n) is 8.38. The summed E-state index contributed by atoms with van der Waals surface area (Å²) in [5.74, 6) is 0. The molecule has 4 aromatic heterocycles. The molecule has 0 unspecified atom stereocenters. The van der Waals surface area contributed by atoms with Crippen LogP contribution in [-0.4, -0.2) is 19.6 Å². The molecule has 4 aromatic rings. The van der Waals surface area contributed by atoms with Crippen molar-refractivity contribution in [3.63, 3.8) is 0 Å². The van der Waals surface area contributed by atoms with E-state index in [1.807, 2.05) is 0 Å². The molecule has 9 heteroatoms. The molecule has 0 bridgehead atoms. The Morgan fingerprint density at radius 3 is 1.49 bits per heavy atom. The van der Waals surface area contributed by atoms with Gasteiger partial charge in [-0.15, -0.1) is 22.7 Å². The van der Waals surface area contributed by atoms with E-state index in [2.05, 4.69) is 58.2 Å². The van der Waals surface area contributed by atoms with Crippen molar-refractivity contribution in [1.82, 2.24) is 19.6 Å². The van der Waals surface area contributed by atoms with Crippen molar-refractivity contribution >= 4 is 45.9 Å². The monoisotopic (exact) mass is 602 g/mol. The Morgan fingerprint density at radius 2 is 1.13 bits per heavy atom. The zero-order valence-corrected chi connectivity index (χ0v) is 25.8. The highest BCUT2D eigenvalue weighted by molar-refractivity contribution is 7.10. The van der Waals surface area contributed by atoms with Crippen LogP contribution in [0.4, 0.5) is 0 Å². The fraction of sp³-hybridized carbons (Fsp3) is 0.533. The lowest BCUT2D eigenvalue weighted by Crippen LogP contribution is -2.16. The first-order valence-electron chi connectivity index (χ1n) is 14.2. The standard InChI is InChI=1S/C30H36Cl2N4OS2/c1-19-25(29(31)35(33-19)21-11-5-3-6-12-21)27(23-15-9-17-38-23)37-28(24-16-10-18-39-24)26-20(2)34-36(30(26)32)22-13-7-4-8-14-22/h9-10,15-18,21-22,27-28H,3-8,11-14H2,1-2H3/t27-,28+. The lowest BCUT2D eigenvalue weighted by atomic mass is 9.95. The summed E-state index contributed by atoms with van der Waals surface area (Å²) in [6, 6.07) is 9.11. The topological polar surface area (TPSA) is 44.9 Å². The average Bonchev–Trinajstić information content (AvgIpc) is 3.77. The Morgan fingerprint density at radius 1 is 0.718 bits per heavy atom. The van der Waals surface area contributed by atoms with Crippen LogP contribution < -0.4 is 0 Å². The molecule has 0 aliphatic heterocycles. The number of aryl methyl sites for hydroxylation is 2. The minimum atomic E-state index is -0.365. The summed E-state index contributed by atoms with van der Waals surface area (Å²) >= 11 is 17.7. The number of thiophene rings is 2. The van der Waals surface area contributed by atoms with Crippen LogP contribution in [-0.2, 0) is 4.74 Å². The molecule has 0 saturated heterocycles. The highest BCUT2D eigenvalue weighted by atomic mass is 35.5. The Bertz CT molecular complexity index is 1260. The van der Waals surface area contributed by atoms with Crippen LogP contribution in [0.2, 0.25) is 10.3 Å². The number of hydrogen-bond donors (Lipinski definition) is 0. The number of rotatable bonds is 8. The van der Waals surface area contributed by atoms with E-state index in [0.29, 0.717) is 22.4 Å². The van der Waals surface area contributed by atoms with Crippen molar-refractivity contribution in [2.24, 2.45) is 0 Å². The van der Waals surface area contributed by atoms with E-state index in [9.17, 15) is 0 Å². The van der Waals surface area contributed by atoms with Gasteiger partial charge < -0.3 is 4.74 Å². The summed E-state index contributed by atoms with van der Waals surface area (Å²) in [7, 11) is 0. The van der Waals surface area contributed by atoms with Gasteiger partial charge in [0.2, 0.25) is 0 Å². The van der Waals surface area contributed by atoms with E-state index < -0.39 is 0 Å². The van der Waals surface area contributed by atoms with E-state index >= 15 is 0 Å². The Hall–Kier alpha value is -1.64. The van der Waals surface area contributed by atoms with Crippen molar-refractivity contribution in [2.45, 2.75) is 102 Å². The maximum atomic E-state index is 7.18. The van der Waals surface area contributed by atoms with Gasteiger partial charge in [0.05, 0.1) is 23.5 Å². The van der Waals surface area contributed by atoms with Crippen molar-refractivity contribution in [2.75, 3.05) is 0 Å². The summed E-state index contributed by atoms with van der Waals surface area (Å²) in [4.78, 5) is 2.22. The lowest BCUT2D eigenvalue weighted by Gasteiger charge is -2.26. The van der Waals surface area contributed by atoms with Crippen LogP contribution in [0.3, 0.4) is 0 Å². The van der Waals surface area contributed by atoms with Crippen LogP contribution in [0.25, 0.3) is 0 Å². The maximum absolute atomic E-state index is 7.18. The molecule has 2 atom stereocenters. The molecule has 2 aliphatic rings. The quantitative estimate of drug-likeness (QED) is 0.201. The van der Waals surface area contributed by atoms with E-state index in [1.54, 1.807) is 22.7 Å². The molecule has 0 amide bonds. The molecule has 6 rings (SSSR count). The average molecular weight is 604 g/mol. The number of halogens is 2. The van der Waals surface area contributed by atoms with Crippen LogP contribution in [0.5, 0.6) is 0 Å². The zero-order chi connectivity index (χ0) is 26.9. The van der Waals surface area contributed by atoms with Gasteiger partial charge >= 0.3 is 0 Å². The molecule has 4 heterocycles. The first-order valence-corrected chi connectivity index (χ1v) is 16.8. The van der Waals surface area contributed by atoms with Crippen LogP contribution in [0.1, 0.15) is 121 Å². The minimum absolute atomic E-state index is 0.348. The molecule has 2 saturated carbocycles. The van der Waals surface area contributed by atoms with Gasteiger partial charge in [0.1, 0.15) is 22.5 Å². The van der Waals surface area contributed by atoms with Crippen molar-refractivity contribution in [3.05, 3.63) is 77.6 Å². The summed E-state index contributed by atoms with van der Waals surface area (Å²) in [5.41, 5.74) is 3.77. The van der Waals surface area contributed by atoms with E-state index in [0.717, 1.165) is 58.0 Å². The smallest absolute Gasteiger partial charge is 0.133 e. The number of hydrogen-bond acceptors (Lipinski definition) is 5. The molecular formula is C30H36Cl2N4OS2. The van der Waals surface area contributed by atoms with Gasteiger partial charge in [0.25, 0.3) is 0 Å². The Kier molecular flexibility index (Phi) is 8.52. The van der Waals surface area contributed by atoms with Gasteiger partial charge in [-0.05, 0) is 62.4 Å². The van der Waals surface area contributed by atoms with Gasteiger partial charge in [0.15, 0.2) is 0 Å². The SMILES string of the molecule is Cc1nn(C2CCCCC2)c(Cl)c1[C@H](O[C@@H](c1cccs1)c1c(C)nn(C2CCCCC2)c1Cl)c1cccs1. The normalized spacial score (nSPS) is 19.0. The molecule has 0 radical (unpaired) electrons. The number of nitrogens with zero attached hydrogens (tertiary/aromatic N) is 4. The molecule has 0 spiro atoms. The van der Waals surface area contributed by atoms with Gasteiger partial charge in [-0.3, -0.25) is 9.36 Å². The largest absolute Gasteiger partial charge is 0.354 e. The molecular weight excluding hydrogens is 567 g/mol. The van der Waals surface area contributed by atoms with Gasteiger partial charge in [-0.2, -0.15) is 10.2 Å². The fourth-order valence-corrected chi connectivity index (χ4v) is 8.73. The second-order valence-corrected chi connectivity index (χ2v) is 13.7. The second-order valence-electron chi connectivity index (χ2n) is 11.0. The molecule has 0 N–H and O–H groups in total. The fourth-order valence-electron chi connectivity index (χ4n) is 6.37. The minimum Gasteiger partial charge on any atom is -0.354 e. The third-order valence-corrected chi connectivity index (χ3v) is 11.0. The van der Waals surface area contributed by atoms with Crippen LogP contribution in [0.15, 0.2) is 35.0 Å². The van der Waals surface area contributed by atoms with E-state index in [1.165, 1.54) is 38.5 Å². The summed E-state index contributed by atoms with van der Waals surface area (Å²) in [5, 5.41) is 15.5. The van der Waals surface area contributed by atoms with E-state index in [-0.39, 0.29) is 12.2 Å². The van der Waals surface area contributed by atoms with Crippen LogP contribution >= 0.6 is 45.9 Å². The van der Waals surface area contributed by atoms with Crippen LogP contribution in [0, 0.1) is 13.8 Å². The molecule has 208 valence electrons. The summed E-state index contributed by atoms with van der Waals surface area (Å²) in [6.45, 7) is 4.12. The van der Waals surface area contributed by atoms with Gasteiger partial charge in [-0.25, -0.2) is 0 Å². The Balaban J connectivity index is 1.42. The lowest BCUT2D eigenvalue weighted by molar-refractivity contribution is 0.0341. The molecule has 2 fully saturated rings. The number of aromatic nitrogens is 4. The first kappa shape index (κ1) is 27.5. The molecule has 39 heavy (non-hydrogen) atoms. The Labute approximate surface area is 249 Å². The molecule has 5 nitrogen and oxygen atoms in total. The first-order chi connectivity index (χ1) is 19.0. The predicted molar refractivity (Wildman–Crippen MR) is 162 cm³/mol. The van der Waals surface area contributed by atoms with Crippen molar-refractivity contribution in [3.8, 4) is 0 Å². The zero-order valence-electron chi connectivity index (χ0n) is 22.6. The second kappa shape index (κ2) is 12.1. The van der Waals surface area contributed by atoms with Gasteiger partial charge in [0, 0.05) is 20.9 Å². The number of ether oxygens (including phenoxy) is 1. The molecule has 0 aromatic carbocycles. The molecule has 2 aliphatic carbocycles. The van der Waals surface area contributed by atoms with Crippen molar-refractivity contribution < 1.29 is 4.74 Å². The van der Waals surface area contributed by atoms with Crippen molar-refractivity contribution in [1.29, 1.82) is 0 Å². The maximum Gasteiger partial charge on any atom is 0.133 e. The third kappa shape index (κ3) is 5.50. The van der Waals surface area contributed by atoms with E-state index in [4.69, 9.17) is 38.1 Å². The highest BCUT2D eigenvalue weighted by Crippen LogP contribution is 2.46. The highest BCUT2D eigenvalue weighted by Gasteiger charge is 2.35. The summed E-state index contributed by atoms with van der Waals surface area (Å²) < 4.78 is 11.3. The summed E-state index contributed by atoms with van der Waals surface area (Å²) in [6.07, 6.45) is 11.2. The predicted octanol–water partition coefficient (Wildman–Crippen LogP) is 10.0.